The molecule has 0 saturated carbocycles. The molecule has 0 unspecified atom stereocenters. The Labute approximate surface area is 294 Å². The third kappa shape index (κ3) is 3.81. The molecule has 3 heteroatoms. The van der Waals surface area contributed by atoms with Gasteiger partial charge in [-0.05, 0) is 91.8 Å². The first-order valence-corrected chi connectivity index (χ1v) is 16.6. The molecule has 2 aliphatic rings. The van der Waals surface area contributed by atoms with Crippen molar-refractivity contribution >= 4 is 32.6 Å². The van der Waals surface area contributed by atoms with Gasteiger partial charge in [0.2, 0.25) is 0 Å². The van der Waals surface area contributed by atoms with Crippen molar-refractivity contribution in [2.45, 2.75) is 38.5 Å². The maximum atomic E-state index is 4.83. The predicted octanol–water partition coefficient (Wildman–Crippen LogP) is 11.4. The van der Waals surface area contributed by atoms with Gasteiger partial charge in [0.15, 0.2) is 0 Å². The zero-order valence-electron chi connectivity index (χ0n) is 27.4. The van der Waals surface area contributed by atoms with Crippen LogP contribution in [0, 0.1) is 6.07 Å². The van der Waals surface area contributed by atoms with E-state index in [9.17, 15) is 0 Å². The third-order valence-corrected chi connectivity index (χ3v) is 11.1. The molecule has 10 rings (SSSR count). The van der Waals surface area contributed by atoms with Gasteiger partial charge in [-0.15, -0.1) is 35.4 Å². The fraction of sp³-hybridized carbons (Fsp3) is 0.133. The van der Waals surface area contributed by atoms with Crippen molar-refractivity contribution in [1.29, 1.82) is 0 Å². The van der Waals surface area contributed by atoms with Gasteiger partial charge in [-0.2, -0.15) is 0 Å². The van der Waals surface area contributed by atoms with Crippen LogP contribution in [0.15, 0.2) is 128 Å². The molecule has 0 N–H and O–H groups in total. The largest absolute Gasteiger partial charge is 0.309 e. The van der Waals surface area contributed by atoms with Gasteiger partial charge in [0.25, 0.3) is 0 Å². The summed E-state index contributed by atoms with van der Waals surface area (Å²) in [6.45, 7) is 9.52. The molecule has 0 fully saturated rings. The fourth-order valence-corrected chi connectivity index (χ4v) is 8.69. The van der Waals surface area contributed by atoms with Crippen LogP contribution in [0.25, 0.3) is 71.8 Å². The van der Waals surface area contributed by atoms with Crippen LogP contribution in [-0.2, 0) is 30.9 Å². The Balaban J connectivity index is 0.00000314. The predicted molar refractivity (Wildman–Crippen MR) is 195 cm³/mol. The first-order chi connectivity index (χ1) is 22.8. The third-order valence-electron chi connectivity index (χ3n) is 11.1. The van der Waals surface area contributed by atoms with Crippen molar-refractivity contribution < 1.29 is 20.1 Å². The summed E-state index contributed by atoms with van der Waals surface area (Å²) in [5.41, 5.74) is 16.2. The Morgan fingerprint density at radius 1 is 0.583 bits per heavy atom. The SMILES string of the molecule is CC1(C)c2ccccc2-c2cc3c(cc21)c1cc(-c2cc[c-]c(-c4nccc5ccccc45)c2)cc2c1n3-c1ccccc1C2(C)C.[Ir]. The number of nitrogens with zero attached hydrogens (tertiary/aromatic N) is 2. The molecular formula is C45H33IrN2-. The molecule has 2 nitrogen and oxygen atoms in total. The topological polar surface area (TPSA) is 17.8 Å². The second-order valence-corrected chi connectivity index (χ2v) is 14.4. The summed E-state index contributed by atoms with van der Waals surface area (Å²) < 4.78 is 2.54. The minimum Gasteiger partial charge on any atom is -0.309 e. The molecule has 48 heavy (non-hydrogen) atoms. The zero-order chi connectivity index (χ0) is 31.7. The Morgan fingerprint density at radius 3 is 2.21 bits per heavy atom. The van der Waals surface area contributed by atoms with Crippen LogP contribution in [0.3, 0.4) is 0 Å². The molecule has 0 saturated heterocycles. The van der Waals surface area contributed by atoms with Crippen LogP contribution < -0.4 is 0 Å². The molecule has 0 bridgehead atoms. The van der Waals surface area contributed by atoms with Crippen molar-refractivity contribution in [3.05, 3.63) is 156 Å². The summed E-state index contributed by atoms with van der Waals surface area (Å²) in [6.07, 6.45) is 1.90. The van der Waals surface area contributed by atoms with Gasteiger partial charge in [0.1, 0.15) is 0 Å². The van der Waals surface area contributed by atoms with Crippen LogP contribution in [0.1, 0.15) is 49.9 Å². The summed E-state index contributed by atoms with van der Waals surface area (Å²) >= 11 is 0. The molecular weight excluding hydrogens is 761 g/mol. The first kappa shape index (κ1) is 29.3. The molecule has 3 heterocycles. The van der Waals surface area contributed by atoms with Gasteiger partial charge >= 0.3 is 0 Å². The van der Waals surface area contributed by atoms with Gasteiger partial charge in [0, 0.05) is 47.9 Å². The standard InChI is InChI=1S/C45H33N2.Ir/c1-44(2)36-17-8-7-16-32(36)33-26-41-34(25-38(33)44)35-23-30(24-39-43(35)47(41)40-19-10-9-18-37(40)45(39,3)4)28-13-11-14-29(22-28)42-31-15-6-5-12-27(31)20-21-46-42;/h5-13,15-26H,1-4H3;/q-1;. The molecule has 0 atom stereocenters. The molecule has 1 radical (unpaired) electrons. The zero-order valence-corrected chi connectivity index (χ0v) is 29.7. The van der Waals surface area contributed by atoms with Crippen molar-refractivity contribution in [3.63, 3.8) is 0 Å². The second-order valence-electron chi connectivity index (χ2n) is 14.4. The number of pyridine rings is 1. The number of para-hydroxylation sites is 1. The normalized spacial score (nSPS) is 14.8. The van der Waals surface area contributed by atoms with E-state index in [-0.39, 0.29) is 30.9 Å². The van der Waals surface area contributed by atoms with E-state index in [1.165, 1.54) is 77.4 Å². The maximum absolute atomic E-state index is 4.83. The number of hydrogen-bond acceptors (Lipinski definition) is 1. The fourth-order valence-electron chi connectivity index (χ4n) is 8.69. The van der Waals surface area contributed by atoms with Gasteiger partial charge < -0.3 is 9.55 Å². The van der Waals surface area contributed by atoms with E-state index in [1.54, 1.807) is 0 Å². The van der Waals surface area contributed by atoms with Gasteiger partial charge in [0.05, 0.1) is 16.7 Å². The van der Waals surface area contributed by atoms with E-state index < -0.39 is 0 Å². The molecule has 0 spiro atoms. The van der Waals surface area contributed by atoms with E-state index in [0.29, 0.717) is 0 Å². The number of fused-ring (bicyclic) bond motifs is 9. The van der Waals surface area contributed by atoms with E-state index >= 15 is 0 Å². The van der Waals surface area contributed by atoms with Crippen LogP contribution in [0.5, 0.6) is 0 Å². The smallest absolute Gasteiger partial charge is 0.0582 e. The molecule has 1 aliphatic carbocycles. The number of benzene rings is 6. The molecule has 1 aliphatic heterocycles. The summed E-state index contributed by atoms with van der Waals surface area (Å²) in [6, 6.07) is 48.3. The van der Waals surface area contributed by atoms with Gasteiger partial charge in [-0.1, -0.05) is 94.4 Å². The molecule has 6 aromatic carbocycles. The Morgan fingerprint density at radius 2 is 1.33 bits per heavy atom. The van der Waals surface area contributed by atoms with Crippen molar-refractivity contribution in [1.82, 2.24) is 9.55 Å². The van der Waals surface area contributed by atoms with Gasteiger partial charge in [-0.3, -0.25) is 0 Å². The van der Waals surface area contributed by atoms with Crippen molar-refractivity contribution in [2.75, 3.05) is 0 Å². The molecule has 233 valence electrons. The van der Waals surface area contributed by atoms with Crippen LogP contribution >= 0.6 is 0 Å². The van der Waals surface area contributed by atoms with E-state index in [0.717, 1.165) is 16.6 Å². The minimum atomic E-state index is -0.176. The molecule has 0 amide bonds. The average Bonchev–Trinajstić information content (AvgIpc) is 3.54. The molecule has 2 aromatic heterocycles. The maximum Gasteiger partial charge on any atom is 0.0582 e. The molecule has 8 aromatic rings. The summed E-state index contributed by atoms with van der Waals surface area (Å²) in [5, 5.41) is 4.95. The van der Waals surface area contributed by atoms with Crippen LogP contribution in [0.4, 0.5) is 0 Å². The Kier molecular flexibility index (Phi) is 6.17. The van der Waals surface area contributed by atoms with E-state index in [1.807, 2.05) is 6.20 Å². The average molecular weight is 794 g/mol. The Hall–Kier alpha value is -4.82. The van der Waals surface area contributed by atoms with E-state index in [4.69, 9.17) is 4.98 Å². The van der Waals surface area contributed by atoms with Crippen LogP contribution in [0.2, 0.25) is 0 Å². The summed E-state index contributed by atoms with van der Waals surface area (Å²) in [4.78, 5) is 4.83. The van der Waals surface area contributed by atoms with Crippen LogP contribution in [-0.4, -0.2) is 9.55 Å². The van der Waals surface area contributed by atoms with E-state index in [2.05, 4.69) is 160 Å². The number of hydrogen-bond donors (Lipinski definition) is 0. The Bertz CT molecular complexity index is 2630. The minimum absolute atomic E-state index is 0. The second kappa shape index (κ2) is 10.1. The quantitative estimate of drug-likeness (QED) is 0.159. The summed E-state index contributed by atoms with van der Waals surface area (Å²) in [5.74, 6) is 0. The number of rotatable bonds is 2. The van der Waals surface area contributed by atoms with Crippen molar-refractivity contribution in [3.8, 4) is 39.2 Å². The first-order valence-electron chi connectivity index (χ1n) is 16.6. The van der Waals surface area contributed by atoms with Gasteiger partial charge in [-0.25, -0.2) is 0 Å². The summed E-state index contributed by atoms with van der Waals surface area (Å²) in [7, 11) is 0. The monoisotopic (exact) mass is 794 g/mol. The van der Waals surface area contributed by atoms with Crippen molar-refractivity contribution in [2.24, 2.45) is 0 Å². The number of aromatic nitrogens is 2.